The van der Waals surface area contributed by atoms with Crippen molar-refractivity contribution in [2.75, 3.05) is 7.05 Å². The van der Waals surface area contributed by atoms with Gasteiger partial charge in [-0.1, -0.05) is 41.0 Å². The van der Waals surface area contributed by atoms with Crippen molar-refractivity contribution in [3.05, 3.63) is 57.8 Å². The highest BCUT2D eigenvalue weighted by molar-refractivity contribution is 7.99. The summed E-state index contributed by atoms with van der Waals surface area (Å²) in [5.74, 6) is -0.209. The van der Waals surface area contributed by atoms with E-state index >= 15 is 0 Å². The summed E-state index contributed by atoms with van der Waals surface area (Å²) in [5.41, 5.74) is 0.654. The lowest BCUT2D eigenvalue weighted by atomic mass is 10.2. The maximum atomic E-state index is 13.8. The molecule has 0 radical (unpaired) electrons. The standard InChI is InChI=1S/C14H12Cl2FNS/c1-18-8-10-13(17)3-2-4-14(10)19-9-5-6-11(15)12(16)7-9/h2-7,18H,8H2,1H3. The summed E-state index contributed by atoms with van der Waals surface area (Å²) in [4.78, 5) is 1.80. The van der Waals surface area contributed by atoms with E-state index in [9.17, 15) is 4.39 Å². The zero-order chi connectivity index (χ0) is 13.8. The molecular weight excluding hydrogens is 304 g/mol. The van der Waals surface area contributed by atoms with E-state index in [1.54, 1.807) is 25.2 Å². The molecule has 0 unspecified atom stereocenters. The number of rotatable bonds is 4. The maximum absolute atomic E-state index is 13.8. The van der Waals surface area contributed by atoms with Crippen LogP contribution in [0.5, 0.6) is 0 Å². The molecule has 0 aromatic heterocycles. The second kappa shape index (κ2) is 6.62. The summed E-state index contributed by atoms with van der Waals surface area (Å²) in [5, 5.41) is 3.98. The highest BCUT2D eigenvalue weighted by atomic mass is 35.5. The maximum Gasteiger partial charge on any atom is 0.128 e. The quantitative estimate of drug-likeness (QED) is 0.851. The van der Waals surface area contributed by atoms with E-state index in [2.05, 4.69) is 5.32 Å². The zero-order valence-corrected chi connectivity index (χ0v) is 12.5. The van der Waals surface area contributed by atoms with Crippen molar-refractivity contribution in [2.45, 2.75) is 16.3 Å². The van der Waals surface area contributed by atoms with E-state index in [0.29, 0.717) is 22.2 Å². The van der Waals surface area contributed by atoms with E-state index < -0.39 is 0 Å². The fourth-order valence-electron chi connectivity index (χ4n) is 1.65. The van der Waals surface area contributed by atoms with Gasteiger partial charge in [-0.15, -0.1) is 0 Å². The summed E-state index contributed by atoms with van der Waals surface area (Å²) in [7, 11) is 1.79. The fourth-order valence-corrected chi connectivity index (χ4v) is 3.02. The van der Waals surface area contributed by atoms with Crippen molar-refractivity contribution in [1.29, 1.82) is 0 Å². The molecule has 1 nitrogen and oxygen atoms in total. The molecule has 2 aromatic rings. The molecule has 2 rings (SSSR count). The number of hydrogen-bond acceptors (Lipinski definition) is 2. The number of nitrogens with one attached hydrogen (secondary N) is 1. The van der Waals surface area contributed by atoms with Gasteiger partial charge in [-0.25, -0.2) is 4.39 Å². The predicted molar refractivity (Wildman–Crippen MR) is 79.7 cm³/mol. The van der Waals surface area contributed by atoms with Gasteiger partial charge in [0.05, 0.1) is 10.0 Å². The van der Waals surface area contributed by atoms with E-state index in [-0.39, 0.29) is 5.82 Å². The Hall–Kier alpha value is -0.740. The molecule has 0 amide bonds. The van der Waals surface area contributed by atoms with Gasteiger partial charge in [-0.05, 0) is 37.4 Å². The molecule has 2 aromatic carbocycles. The fraction of sp³-hybridized carbons (Fsp3) is 0.143. The molecule has 0 bridgehead atoms. The largest absolute Gasteiger partial charge is 0.316 e. The zero-order valence-electron chi connectivity index (χ0n) is 10.2. The van der Waals surface area contributed by atoms with Crippen LogP contribution in [0.1, 0.15) is 5.56 Å². The van der Waals surface area contributed by atoms with Crippen molar-refractivity contribution < 1.29 is 4.39 Å². The molecule has 0 heterocycles. The minimum atomic E-state index is -0.209. The van der Waals surface area contributed by atoms with E-state index in [1.807, 2.05) is 12.1 Å². The third-order valence-electron chi connectivity index (χ3n) is 2.55. The summed E-state index contributed by atoms with van der Waals surface area (Å²) >= 11 is 13.3. The van der Waals surface area contributed by atoms with Crippen LogP contribution < -0.4 is 5.32 Å². The summed E-state index contributed by atoms with van der Waals surface area (Å²) in [6, 6.07) is 10.4. The Balaban J connectivity index is 2.32. The second-order valence-electron chi connectivity index (χ2n) is 3.92. The van der Waals surface area contributed by atoms with Crippen molar-refractivity contribution in [1.82, 2.24) is 5.32 Å². The van der Waals surface area contributed by atoms with E-state index in [4.69, 9.17) is 23.2 Å². The predicted octanol–water partition coefficient (Wildman–Crippen LogP) is 5.00. The van der Waals surface area contributed by atoms with Gasteiger partial charge >= 0.3 is 0 Å². The van der Waals surface area contributed by atoms with Crippen molar-refractivity contribution in [2.24, 2.45) is 0 Å². The minimum absolute atomic E-state index is 0.209. The van der Waals surface area contributed by atoms with Crippen molar-refractivity contribution in [3.63, 3.8) is 0 Å². The molecule has 0 saturated carbocycles. The Bertz CT molecular complexity index is 590. The van der Waals surface area contributed by atoms with Gasteiger partial charge in [0.15, 0.2) is 0 Å². The number of benzene rings is 2. The van der Waals surface area contributed by atoms with Gasteiger partial charge in [0.2, 0.25) is 0 Å². The van der Waals surface area contributed by atoms with Gasteiger partial charge < -0.3 is 5.32 Å². The summed E-state index contributed by atoms with van der Waals surface area (Å²) in [6.45, 7) is 0.482. The summed E-state index contributed by atoms with van der Waals surface area (Å²) < 4.78 is 13.8. The van der Waals surface area contributed by atoms with Gasteiger partial charge in [0.25, 0.3) is 0 Å². The minimum Gasteiger partial charge on any atom is -0.316 e. The molecule has 5 heteroatoms. The van der Waals surface area contributed by atoms with Gasteiger partial charge in [-0.3, -0.25) is 0 Å². The Labute approximate surface area is 126 Å². The van der Waals surface area contributed by atoms with Crippen LogP contribution in [-0.4, -0.2) is 7.05 Å². The van der Waals surface area contributed by atoms with E-state index in [1.165, 1.54) is 17.8 Å². The molecule has 0 saturated heterocycles. The third-order valence-corrected chi connectivity index (χ3v) is 4.38. The van der Waals surface area contributed by atoms with Crippen LogP contribution in [0.15, 0.2) is 46.2 Å². The highest BCUT2D eigenvalue weighted by Gasteiger charge is 2.09. The Morgan fingerprint density at radius 3 is 2.63 bits per heavy atom. The lowest BCUT2D eigenvalue weighted by Crippen LogP contribution is -2.08. The molecule has 100 valence electrons. The first-order chi connectivity index (χ1) is 9.11. The third kappa shape index (κ3) is 3.63. The van der Waals surface area contributed by atoms with Gasteiger partial charge in [0.1, 0.15) is 5.82 Å². The first-order valence-corrected chi connectivity index (χ1v) is 7.24. The van der Waals surface area contributed by atoms with Gasteiger partial charge in [0, 0.05) is 21.9 Å². The summed E-state index contributed by atoms with van der Waals surface area (Å²) in [6.07, 6.45) is 0. The second-order valence-corrected chi connectivity index (χ2v) is 5.85. The van der Waals surface area contributed by atoms with E-state index in [0.717, 1.165) is 9.79 Å². The smallest absolute Gasteiger partial charge is 0.128 e. The molecule has 0 fully saturated rings. The number of halogens is 3. The Morgan fingerprint density at radius 2 is 1.95 bits per heavy atom. The molecular formula is C14H12Cl2FNS. The molecule has 0 atom stereocenters. The highest BCUT2D eigenvalue weighted by Crippen LogP contribution is 2.34. The lowest BCUT2D eigenvalue weighted by molar-refractivity contribution is 0.594. The topological polar surface area (TPSA) is 12.0 Å². The Kier molecular flexibility index (Phi) is 5.11. The first-order valence-electron chi connectivity index (χ1n) is 5.66. The average molecular weight is 316 g/mol. The van der Waals surface area contributed by atoms with Crippen LogP contribution in [-0.2, 0) is 6.54 Å². The monoisotopic (exact) mass is 315 g/mol. The normalized spacial score (nSPS) is 10.7. The van der Waals surface area contributed by atoms with Crippen molar-refractivity contribution in [3.8, 4) is 0 Å². The first kappa shape index (κ1) is 14.7. The SMILES string of the molecule is CNCc1c(F)cccc1Sc1ccc(Cl)c(Cl)c1. The van der Waals surface area contributed by atoms with Crippen LogP contribution in [0, 0.1) is 5.82 Å². The average Bonchev–Trinajstić information content (AvgIpc) is 2.38. The van der Waals surface area contributed by atoms with Crippen LogP contribution in [0.4, 0.5) is 4.39 Å². The number of hydrogen-bond donors (Lipinski definition) is 1. The van der Waals surface area contributed by atoms with Crippen LogP contribution >= 0.6 is 35.0 Å². The Morgan fingerprint density at radius 1 is 1.16 bits per heavy atom. The van der Waals surface area contributed by atoms with Crippen LogP contribution in [0.2, 0.25) is 10.0 Å². The molecule has 0 spiro atoms. The lowest BCUT2D eigenvalue weighted by Gasteiger charge is -2.10. The molecule has 0 aliphatic rings. The van der Waals surface area contributed by atoms with Crippen molar-refractivity contribution >= 4 is 35.0 Å². The van der Waals surface area contributed by atoms with Crippen LogP contribution in [0.25, 0.3) is 0 Å². The molecule has 0 aliphatic carbocycles. The molecule has 19 heavy (non-hydrogen) atoms. The van der Waals surface area contributed by atoms with Crippen LogP contribution in [0.3, 0.4) is 0 Å². The molecule has 0 aliphatic heterocycles. The molecule has 1 N–H and O–H groups in total. The van der Waals surface area contributed by atoms with Gasteiger partial charge in [-0.2, -0.15) is 0 Å².